The number of nitrogens with one attached hydrogen (secondary N) is 2. The highest BCUT2D eigenvalue weighted by Gasteiger charge is 2.35. The minimum atomic E-state index is -4.84. The van der Waals surface area contributed by atoms with E-state index in [4.69, 9.17) is 4.42 Å². The standard InChI is InChI=1S/C21H14F6N2O3/c1-11(30)28-14-5-6-16(15(10-14)21(25,26)27)29-19(31)18-8-7-17(32-18)12-3-2-4-13(9-12)20(22,23)24/h2-10H,1H3,(H,28,30)(H,29,31). The van der Waals surface area contributed by atoms with Crippen LogP contribution in [0.5, 0.6) is 0 Å². The molecule has 0 saturated heterocycles. The molecule has 0 unspecified atom stereocenters. The van der Waals surface area contributed by atoms with Crippen LogP contribution in [0, 0.1) is 0 Å². The minimum absolute atomic E-state index is 0.0366. The van der Waals surface area contributed by atoms with Crippen LogP contribution in [0.1, 0.15) is 28.6 Å². The first-order valence-corrected chi connectivity index (χ1v) is 8.92. The van der Waals surface area contributed by atoms with Gasteiger partial charge in [-0.2, -0.15) is 26.3 Å². The summed E-state index contributed by atoms with van der Waals surface area (Å²) >= 11 is 0. The number of carbonyl (C=O) groups excluding carboxylic acids is 2. The number of amides is 2. The van der Waals surface area contributed by atoms with Crippen molar-refractivity contribution in [2.45, 2.75) is 19.3 Å². The van der Waals surface area contributed by atoms with E-state index in [1.54, 1.807) is 0 Å². The monoisotopic (exact) mass is 456 g/mol. The fourth-order valence-electron chi connectivity index (χ4n) is 2.82. The van der Waals surface area contributed by atoms with E-state index in [0.717, 1.165) is 37.3 Å². The van der Waals surface area contributed by atoms with Gasteiger partial charge in [0.05, 0.1) is 16.8 Å². The summed E-state index contributed by atoms with van der Waals surface area (Å²) in [6.07, 6.45) is -9.43. The maximum absolute atomic E-state index is 13.4. The Kier molecular flexibility index (Phi) is 6.02. The second kappa shape index (κ2) is 8.40. The molecule has 0 spiro atoms. The SMILES string of the molecule is CC(=O)Nc1ccc(NC(=O)c2ccc(-c3cccc(C(F)(F)F)c3)o2)c(C(F)(F)F)c1. The molecule has 1 aromatic heterocycles. The summed E-state index contributed by atoms with van der Waals surface area (Å²) in [5.74, 6) is -2.09. The van der Waals surface area contributed by atoms with Gasteiger partial charge < -0.3 is 15.1 Å². The van der Waals surface area contributed by atoms with Crippen molar-refractivity contribution in [2.24, 2.45) is 0 Å². The molecular formula is C21H14F6N2O3. The van der Waals surface area contributed by atoms with Crippen LogP contribution >= 0.6 is 0 Å². The number of benzene rings is 2. The highest BCUT2D eigenvalue weighted by atomic mass is 19.4. The first kappa shape index (κ1) is 22.9. The van der Waals surface area contributed by atoms with E-state index in [0.29, 0.717) is 6.07 Å². The quantitative estimate of drug-likeness (QED) is 0.460. The number of carbonyl (C=O) groups is 2. The van der Waals surface area contributed by atoms with Crippen LogP contribution in [-0.4, -0.2) is 11.8 Å². The third-order valence-electron chi connectivity index (χ3n) is 4.20. The third kappa shape index (κ3) is 5.29. The van der Waals surface area contributed by atoms with Crippen molar-refractivity contribution < 1.29 is 40.3 Å². The van der Waals surface area contributed by atoms with Crippen molar-refractivity contribution >= 4 is 23.2 Å². The molecule has 2 aromatic carbocycles. The van der Waals surface area contributed by atoms with Gasteiger partial charge in [0.1, 0.15) is 5.76 Å². The first-order chi connectivity index (χ1) is 14.8. The Hall–Kier alpha value is -3.76. The van der Waals surface area contributed by atoms with E-state index in [1.165, 1.54) is 18.2 Å². The lowest BCUT2D eigenvalue weighted by atomic mass is 10.1. The van der Waals surface area contributed by atoms with Crippen molar-refractivity contribution in [2.75, 3.05) is 10.6 Å². The molecule has 1 heterocycles. The molecule has 2 amide bonds. The first-order valence-electron chi connectivity index (χ1n) is 8.92. The number of anilines is 2. The summed E-state index contributed by atoms with van der Waals surface area (Å²) in [6, 6.07) is 9.33. The van der Waals surface area contributed by atoms with Gasteiger partial charge in [0.15, 0.2) is 5.76 Å². The highest BCUT2D eigenvalue weighted by Crippen LogP contribution is 2.37. The molecule has 3 aromatic rings. The van der Waals surface area contributed by atoms with Crippen LogP contribution in [0.3, 0.4) is 0 Å². The predicted molar refractivity (Wildman–Crippen MR) is 103 cm³/mol. The Morgan fingerprint density at radius 1 is 0.844 bits per heavy atom. The maximum atomic E-state index is 13.4. The summed E-state index contributed by atoms with van der Waals surface area (Å²) < 4.78 is 84.1. The van der Waals surface area contributed by atoms with E-state index in [2.05, 4.69) is 10.6 Å². The molecular weight excluding hydrogens is 442 g/mol. The highest BCUT2D eigenvalue weighted by molar-refractivity contribution is 6.03. The van der Waals surface area contributed by atoms with Gasteiger partial charge >= 0.3 is 12.4 Å². The van der Waals surface area contributed by atoms with Crippen LogP contribution in [0.4, 0.5) is 37.7 Å². The second-order valence-electron chi connectivity index (χ2n) is 6.64. The largest absolute Gasteiger partial charge is 0.451 e. The van der Waals surface area contributed by atoms with Crippen LogP contribution < -0.4 is 10.6 Å². The van der Waals surface area contributed by atoms with Gasteiger partial charge in [-0.3, -0.25) is 9.59 Å². The molecule has 11 heteroatoms. The average Bonchev–Trinajstić information content (AvgIpc) is 3.18. The summed E-state index contributed by atoms with van der Waals surface area (Å²) in [4.78, 5) is 23.5. The van der Waals surface area contributed by atoms with Gasteiger partial charge in [-0.15, -0.1) is 0 Å². The molecule has 0 radical (unpaired) electrons. The normalized spacial score (nSPS) is 11.8. The summed E-state index contributed by atoms with van der Waals surface area (Å²) in [7, 11) is 0. The fourth-order valence-corrected chi connectivity index (χ4v) is 2.82. The zero-order valence-electron chi connectivity index (χ0n) is 16.2. The molecule has 3 rings (SSSR count). The van der Waals surface area contributed by atoms with Crippen molar-refractivity contribution in [1.82, 2.24) is 0 Å². The molecule has 0 aliphatic heterocycles. The molecule has 2 N–H and O–H groups in total. The van der Waals surface area contributed by atoms with Gasteiger partial charge in [-0.1, -0.05) is 12.1 Å². The number of furan rings is 1. The Morgan fingerprint density at radius 2 is 1.56 bits per heavy atom. The van der Waals surface area contributed by atoms with E-state index in [1.807, 2.05) is 0 Å². The van der Waals surface area contributed by atoms with Gasteiger partial charge in [0.25, 0.3) is 5.91 Å². The Morgan fingerprint density at radius 3 is 2.19 bits per heavy atom. The third-order valence-corrected chi connectivity index (χ3v) is 4.20. The van der Waals surface area contributed by atoms with Gasteiger partial charge in [0.2, 0.25) is 5.91 Å². The molecule has 0 atom stereocenters. The number of hydrogen-bond acceptors (Lipinski definition) is 3. The van der Waals surface area contributed by atoms with Gasteiger partial charge in [0, 0.05) is 18.2 Å². The number of alkyl halides is 6. The smallest absolute Gasteiger partial charge is 0.418 e. The maximum Gasteiger partial charge on any atom is 0.418 e. The Balaban J connectivity index is 1.86. The molecule has 0 fully saturated rings. The number of hydrogen-bond donors (Lipinski definition) is 2. The Bertz CT molecular complexity index is 1160. The molecule has 0 saturated carbocycles. The lowest BCUT2D eigenvalue weighted by molar-refractivity contribution is -0.138. The predicted octanol–water partition coefficient (Wildman–Crippen LogP) is 6.19. The lowest BCUT2D eigenvalue weighted by Gasteiger charge is -2.15. The van der Waals surface area contributed by atoms with Crippen molar-refractivity contribution in [3.05, 3.63) is 71.5 Å². The summed E-state index contributed by atoms with van der Waals surface area (Å²) in [5, 5.41) is 4.28. The van der Waals surface area contributed by atoms with E-state index in [-0.39, 0.29) is 17.0 Å². The molecule has 168 valence electrons. The lowest BCUT2D eigenvalue weighted by Crippen LogP contribution is -2.17. The van der Waals surface area contributed by atoms with Gasteiger partial charge in [-0.05, 0) is 42.5 Å². The van der Waals surface area contributed by atoms with Crippen LogP contribution in [-0.2, 0) is 17.1 Å². The zero-order chi connectivity index (χ0) is 23.7. The topological polar surface area (TPSA) is 71.3 Å². The summed E-state index contributed by atoms with van der Waals surface area (Å²) in [5.41, 5.74) is -2.80. The molecule has 0 aliphatic carbocycles. The fraction of sp³-hybridized carbons (Fsp3) is 0.143. The van der Waals surface area contributed by atoms with E-state index >= 15 is 0 Å². The van der Waals surface area contributed by atoms with Crippen LogP contribution in [0.15, 0.2) is 59.0 Å². The summed E-state index contributed by atoms with van der Waals surface area (Å²) in [6.45, 7) is 1.13. The van der Waals surface area contributed by atoms with Crippen molar-refractivity contribution in [3.8, 4) is 11.3 Å². The second-order valence-corrected chi connectivity index (χ2v) is 6.64. The van der Waals surface area contributed by atoms with Crippen LogP contribution in [0.25, 0.3) is 11.3 Å². The molecule has 5 nitrogen and oxygen atoms in total. The number of halogens is 6. The number of rotatable bonds is 4. The van der Waals surface area contributed by atoms with E-state index < -0.39 is 46.7 Å². The minimum Gasteiger partial charge on any atom is -0.451 e. The van der Waals surface area contributed by atoms with Gasteiger partial charge in [-0.25, -0.2) is 0 Å². The molecule has 32 heavy (non-hydrogen) atoms. The van der Waals surface area contributed by atoms with Crippen molar-refractivity contribution in [1.29, 1.82) is 0 Å². The molecule has 0 aliphatic rings. The zero-order valence-corrected chi connectivity index (χ0v) is 16.2. The van der Waals surface area contributed by atoms with Crippen molar-refractivity contribution in [3.63, 3.8) is 0 Å². The Labute approximate surface area is 177 Å². The molecule has 0 bridgehead atoms. The average molecular weight is 456 g/mol. The van der Waals surface area contributed by atoms with Crippen LogP contribution in [0.2, 0.25) is 0 Å². The van der Waals surface area contributed by atoms with E-state index in [9.17, 15) is 35.9 Å².